The SMILES string of the molecule is CC[C@H](COC)C(O)C[C@H](C)C(=O)N1CCC(c2ccc(C)cc2)CC1. The minimum absolute atomic E-state index is 0.0996. The van der Waals surface area contributed by atoms with Crippen LogP contribution in [0.1, 0.15) is 56.6 Å². The Morgan fingerprint density at radius 1 is 1.27 bits per heavy atom. The van der Waals surface area contributed by atoms with E-state index in [9.17, 15) is 9.90 Å². The number of aliphatic hydroxyl groups is 1. The molecule has 1 saturated heterocycles. The second-order valence-electron chi connectivity index (χ2n) is 7.84. The average molecular weight is 362 g/mol. The molecule has 1 heterocycles. The second-order valence-corrected chi connectivity index (χ2v) is 7.84. The summed E-state index contributed by atoms with van der Waals surface area (Å²) < 4.78 is 5.18. The first-order valence-corrected chi connectivity index (χ1v) is 9.98. The third kappa shape index (κ3) is 5.55. The van der Waals surface area contributed by atoms with Gasteiger partial charge < -0.3 is 14.7 Å². The van der Waals surface area contributed by atoms with Crippen LogP contribution >= 0.6 is 0 Å². The molecule has 0 bridgehead atoms. The molecule has 1 aromatic rings. The zero-order valence-corrected chi connectivity index (χ0v) is 16.8. The van der Waals surface area contributed by atoms with Crippen molar-refractivity contribution >= 4 is 5.91 Å². The summed E-state index contributed by atoms with van der Waals surface area (Å²) in [7, 11) is 1.65. The van der Waals surface area contributed by atoms with Crippen LogP contribution in [0.25, 0.3) is 0 Å². The molecular formula is C22H35NO3. The van der Waals surface area contributed by atoms with Crippen LogP contribution in [-0.4, -0.2) is 48.8 Å². The summed E-state index contributed by atoms with van der Waals surface area (Å²) >= 11 is 0. The van der Waals surface area contributed by atoms with Crippen LogP contribution in [0.15, 0.2) is 24.3 Å². The van der Waals surface area contributed by atoms with Crippen LogP contribution < -0.4 is 0 Å². The van der Waals surface area contributed by atoms with Crippen LogP contribution in [0.2, 0.25) is 0 Å². The maximum absolute atomic E-state index is 12.8. The molecule has 0 saturated carbocycles. The molecule has 2 rings (SSSR count). The minimum Gasteiger partial charge on any atom is -0.393 e. The lowest BCUT2D eigenvalue weighted by atomic mass is 9.87. The number of benzene rings is 1. The Hall–Kier alpha value is -1.39. The van der Waals surface area contributed by atoms with Crippen molar-refractivity contribution in [1.82, 2.24) is 4.90 Å². The number of carbonyl (C=O) groups is 1. The molecule has 1 fully saturated rings. The van der Waals surface area contributed by atoms with Crippen LogP contribution in [0.5, 0.6) is 0 Å². The molecule has 1 N–H and O–H groups in total. The first-order valence-electron chi connectivity index (χ1n) is 9.98. The number of aliphatic hydroxyl groups excluding tert-OH is 1. The molecule has 0 aliphatic carbocycles. The van der Waals surface area contributed by atoms with E-state index in [1.54, 1.807) is 7.11 Å². The minimum atomic E-state index is -0.482. The molecule has 1 aliphatic rings. The monoisotopic (exact) mass is 361 g/mol. The lowest BCUT2D eigenvalue weighted by molar-refractivity contribution is -0.137. The van der Waals surface area contributed by atoms with E-state index in [2.05, 4.69) is 38.1 Å². The number of amides is 1. The van der Waals surface area contributed by atoms with Gasteiger partial charge in [-0.25, -0.2) is 0 Å². The van der Waals surface area contributed by atoms with E-state index in [1.807, 2.05) is 11.8 Å². The van der Waals surface area contributed by atoms with Crippen molar-refractivity contribution < 1.29 is 14.6 Å². The van der Waals surface area contributed by atoms with Crippen molar-refractivity contribution in [3.05, 3.63) is 35.4 Å². The fraction of sp³-hybridized carbons (Fsp3) is 0.682. The quantitative estimate of drug-likeness (QED) is 0.767. The predicted octanol–water partition coefficient (Wildman–Crippen LogP) is 3.76. The molecule has 4 nitrogen and oxygen atoms in total. The van der Waals surface area contributed by atoms with E-state index in [4.69, 9.17) is 4.74 Å². The van der Waals surface area contributed by atoms with Gasteiger partial charge in [0.15, 0.2) is 0 Å². The van der Waals surface area contributed by atoms with Gasteiger partial charge in [0.1, 0.15) is 0 Å². The molecule has 0 radical (unpaired) electrons. The van der Waals surface area contributed by atoms with Gasteiger partial charge >= 0.3 is 0 Å². The van der Waals surface area contributed by atoms with E-state index >= 15 is 0 Å². The van der Waals surface area contributed by atoms with E-state index in [0.717, 1.165) is 32.4 Å². The van der Waals surface area contributed by atoms with Crippen LogP contribution in [-0.2, 0) is 9.53 Å². The molecule has 1 unspecified atom stereocenters. The Labute approximate surface area is 158 Å². The summed E-state index contributed by atoms with van der Waals surface area (Å²) in [6, 6.07) is 8.77. The second kappa shape index (κ2) is 10.1. The van der Waals surface area contributed by atoms with Crippen molar-refractivity contribution in [2.75, 3.05) is 26.8 Å². The van der Waals surface area contributed by atoms with Gasteiger partial charge in [0.2, 0.25) is 5.91 Å². The number of hydrogen-bond donors (Lipinski definition) is 1. The predicted molar refractivity (Wildman–Crippen MR) is 105 cm³/mol. The summed E-state index contributed by atoms with van der Waals surface area (Å²) in [5, 5.41) is 10.4. The highest BCUT2D eigenvalue weighted by molar-refractivity contribution is 5.78. The molecule has 1 aliphatic heterocycles. The van der Waals surface area contributed by atoms with Crippen LogP contribution in [0.4, 0.5) is 0 Å². The summed E-state index contributed by atoms with van der Waals surface area (Å²) in [4.78, 5) is 14.8. The molecule has 3 atom stereocenters. The van der Waals surface area contributed by atoms with E-state index in [1.165, 1.54) is 11.1 Å². The van der Waals surface area contributed by atoms with Crippen molar-refractivity contribution in [1.29, 1.82) is 0 Å². The van der Waals surface area contributed by atoms with Gasteiger partial charge in [-0.2, -0.15) is 0 Å². The smallest absolute Gasteiger partial charge is 0.225 e. The average Bonchev–Trinajstić information content (AvgIpc) is 2.66. The van der Waals surface area contributed by atoms with Gasteiger partial charge in [0.05, 0.1) is 12.7 Å². The standard InChI is InChI=1S/C22H35NO3/c1-5-18(15-26-4)21(24)14-17(3)22(25)23-12-10-20(11-13-23)19-8-6-16(2)7-9-19/h6-9,17-18,20-21,24H,5,10-15H2,1-4H3/t17-,18+,21?/m0/s1. The summed E-state index contributed by atoms with van der Waals surface area (Å²) in [6.07, 6.45) is 2.93. The van der Waals surface area contributed by atoms with Crippen molar-refractivity contribution in [2.24, 2.45) is 11.8 Å². The van der Waals surface area contributed by atoms with Crippen LogP contribution in [0, 0.1) is 18.8 Å². The molecule has 1 aromatic carbocycles. The summed E-state index contributed by atoms with van der Waals surface area (Å²) in [6.45, 7) is 8.27. The van der Waals surface area contributed by atoms with Gasteiger partial charge in [-0.15, -0.1) is 0 Å². The molecule has 0 spiro atoms. The van der Waals surface area contributed by atoms with Crippen molar-refractivity contribution in [2.45, 2.75) is 58.5 Å². The summed E-state index contributed by atoms with van der Waals surface area (Å²) in [5.41, 5.74) is 2.67. The molecule has 1 amide bonds. The lowest BCUT2D eigenvalue weighted by Crippen LogP contribution is -2.42. The number of aryl methyl sites for hydroxylation is 1. The topological polar surface area (TPSA) is 49.8 Å². The number of nitrogens with zero attached hydrogens (tertiary/aromatic N) is 1. The molecule has 26 heavy (non-hydrogen) atoms. The van der Waals surface area contributed by atoms with Gasteiger partial charge in [0.25, 0.3) is 0 Å². The Bertz CT molecular complexity index is 549. The van der Waals surface area contributed by atoms with Crippen molar-refractivity contribution in [3.8, 4) is 0 Å². The van der Waals surface area contributed by atoms with E-state index in [0.29, 0.717) is 18.9 Å². The van der Waals surface area contributed by atoms with Gasteiger partial charge in [-0.3, -0.25) is 4.79 Å². The number of methoxy groups -OCH3 is 1. The highest BCUT2D eigenvalue weighted by Gasteiger charge is 2.29. The third-order valence-electron chi connectivity index (χ3n) is 5.82. The number of carbonyl (C=O) groups excluding carboxylic acids is 1. The van der Waals surface area contributed by atoms with Gasteiger partial charge in [0, 0.05) is 32.0 Å². The third-order valence-corrected chi connectivity index (χ3v) is 5.82. The first-order chi connectivity index (χ1) is 12.5. The molecule has 4 heteroatoms. The Balaban J connectivity index is 1.84. The Morgan fingerprint density at radius 2 is 1.88 bits per heavy atom. The van der Waals surface area contributed by atoms with Gasteiger partial charge in [-0.05, 0) is 44.1 Å². The summed E-state index contributed by atoms with van der Waals surface area (Å²) in [5.74, 6) is 0.680. The number of likely N-dealkylation sites (tertiary alicyclic amines) is 1. The fourth-order valence-electron chi connectivity index (χ4n) is 3.95. The normalized spacial score (nSPS) is 19.2. The lowest BCUT2D eigenvalue weighted by Gasteiger charge is -2.34. The largest absolute Gasteiger partial charge is 0.393 e. The van der Waals surface area contributed by atoms with Gasteiger partial charge in [-0.1, -0.05) is 43.7 Å². The zero-order chi connectivity index (χ0) is 19.1. The van der Waals surface area contributed by atoms with Crippen LogP contribution in [0.3, 0.4) is 0 Å². The Kier molecular flexibility index (Phi) is 8.11. The molecular weight excluding hydrogens is 326 g/mol. The number of rotatable bonds is 8. The highest BCUT2D eigenvalue weighted by Crippen LogP contribution is 2.29. The number of hydrogen-bond acceptors (Lipinski definition) is 3. The zero-order valence-electron chi connectivity index (χ0n) is 16.8. The Morgan fingerprint density at radius 3 is 2.42 bits per heavy atom. The highest BCUT2D eigenvalue weighted by atomic mass is 16.5. The molecule has 146 valence electrons. The van der Waals surface area contributed by atoms with E-state index in [-0.39, 0.29) is 17.7 Å². The fourth-order valence-corrected chi connectivity index (χ4v) is 3.95. The maximum Gasteiger partial charge on any atom is 0.225 e. The van der Waals surface area contributed by atoms with Crippen molar-refractivity contribution in [3.63, 3.8) is 0 Å². The number of piperidine rings is 1. The van der Waals surface area contributed by atoms with E-state index < -0.39 is 6.10 Å². The first kappa shape index (κ1) is 20.9. The number of ether oxygens (including phenoxy) is 1. The molecule has 0 aromatic heterocycles. The maximum atomic E-state index is 12.8.